The number of rotatable bonds is 9. The molecule has 1 aliphatic carbocycles. The Kier molecular flexibility index (Phi) is 8.02. The van der Waals surface area contributed by atoms with Gasteiger partial charge in [0.25, 0.3) is 11.8 Å². The van der Waals surface area contributed by atoms with Crippen LogP contribution in [0.3, 0.4) is 0 Å². The summed E-state index contributed by atoms with van der Waals surface area (Å²) in [6.45, 7) is 5.62. The number of nitrogens with one attached hydrogen (secondary N) is 4. The van der Waals surface area contributed by atoms with E-state index in [0.29, 0.717) is 26.9 Å². The topological polar surface area (TPSA) is 208 Å². The number of para-hydroxylation sites is 1. The van der Waals surface area contributed by atoms with Crippen LogP contribution in [0.2, 0.25) is 0 Å². The molecule has 212 valence electrons. The molecular formula is C25H29N7O7S. The van der Waals surface area contributed by atoms with Crippen LogP contribution >= 0.6 is 11.3 Å². The third-order valence-corrected chi connectivity index (χ3v) is 6.46. The summed E-state index contributed by atoms with van der Waals surface area (Å²) < 4.78 is 5.65. The third kappa shape index (κ3) is 7.26. The highest BCUT2D eigenvalue weighted by Gasteiger charge is 2.31. The van der Waals surface area contributed by atoms with E-state index in [1.165, 1.54) is 19.4 Å². The minimum absolute atomic E-state index is 0.00248. The summed E-state index contributed by atoms with van der Waals surface area (Å²) >= 11 is 1.16. The summed E-state index contributed by atoms with van der Waals surface area (Å²) in [5.74, 6) is -1.45. The van der Waals surface area contributed by atoms with E-state index in [4.69, 9.17) is 4.74 Å². The lowest BCUT2D eigenvalue weighted by Gasteiger charge is -2.19. The number of benzene rings is 1. The molecule has 0 saturated heterocycles. The first-order valence-electron chi connectivity index (χ1n) is 12.1. The van der Waals surface area contributed by atoms with Crippen LogP contribution in [0.1, 0.15) is 53.8 Å². The summed E-state index contributed by atoms with van der Waals surface area (Å²) in [6, 6.07) is 6.41. The van der Waals surface area contributed by atoms with Crippen LogP contribution in [0, 0.1) is 5.92 Å². The Labute approximate surface area is 232 Å². The van der Waals surface area contributed by atoms with Gasteiger partial charge in [-0.3, -0.25) is 19.7 Å². The average molecular weight is 572 g/mol. The predicted molar refractivity (Wildman–Crippen MR) is 145 cm³/mol. The molecule has 0 atom stereocenters. The molecule has 7 N–H and O–H groups in total. The highest BCUT2D eigenvalue weighted by atomic mass is 32.1. The molecule has 4 rings (SSSR count). The van der Waals surface area contributed by atoms with Crippen molar-refractivity contribution in [2.75, 3.05) is 17.7 Å². The molecule has 3 aromatic rings. The van der Waals surface area contributed by atoms with E-state index in [2.05, 4.69) is 31.1 Å². The second kappa shape index (κ2) is 11.1. The van der Waals surface area contributed by atoms with E-state index in [0.717, 1.165) is 24.2 Å². The molecule has 1 aromatic carbocycles. The number of methoxy groups -OCH3 is 1. The largest absolute Gasteiger partial charge is 0.494 e. The van der Waals surface area contributed by atoms with E-state index in [-0.39, 0.29) is 29.2 Å². The number of carbonyl (C=O) groups is 3. The maximum Gasteiger partial charge on any atom is 0.369 e. The Morgan fingerprint density at radius 2 is 1.75 bits per heavy atom. The number of ether oxygens (including phenoxy) is 1. The summed E-state index contributed by atoms with van der Waals surface area (Å²) in [7, 11) is 1.43. The van der Waals surface area contributed by atoms with Gasteiger partial charge in [-0.1, -0.05) is 6.07 Å². The summed E-state index contributed by atoms with van der Waals surface area (Å²) in [4.78, 5) is 42.3. The average Bonchev–Trinajstić information content (AvgIpc) is 3.58. The Bertz CT molecular complexity index is 1440. The fraction of sp³-hybridized carbons (Fsp3) is 0.360. The quantitative estimate of drug-likeness (QED) is 0.183. The molecular weight excluding hydrogens is 542 g/mol. The van der Waals surface area contributed by atoms with Crippen LogP contribution in [0.4, 0.5) is 17.2 Å². The van der Waals surface area contributed by atoms with Crippen molar-refractivity contribution in [1.82, 2.24) is 25.8 Å². The smallest absolute Gasteiger partial charge is 0.369 e. The van der Waals surface area contributed by atoms with Gasteiger partial charge in [-0.05, 0) is 45.7 Å². The number of anilines is 3. The fourth-order valence-corrected chi connectivity index (χ4v) is 4.41. The Balaban J connectivity index is 1.69. The number of nitrogens with zero attached hydrogens (tertiary/aromatic N) is 3. The van der Waals surface area contributed by atoms with Gasteiger partial charge in [0.2, 0.25) is 5.91 Å². The first-order chi connectivity index (χ1) is 18.7. The van der Waals surface area contributed by atoms with E-state index >= 15 is 0 Å². The summed E-state index contributed by atoms with van der Waals surface area (Å²) in [5, 5.41) is 45.9. The molecule has 14 nitrogen and oxygen atoms in total. The lowest BCUT2D eigenvalue weighted by Crippen LogP contribution is -2.48. The van der Waals surface area contributed by atoms with Crippen LogP contribution < -0.4 is 26.0 Å². The molecule has 2 aromatic heterocycles. The van der Waals surface area contributed by atoms with Crippen molar-refractivity contribution in [2.24, 2.45) is 5.92 Å². The van der Waals surface area contributed by atoms with Crippen molar-refractivity contribution in [2.45, 2.75) is 45.2 Å². The lowest BCUT2D eigenvalue weighted by atomic mass is 10.1. The molecule has 1 fully saturated rings. The van der Waals surface area contributed by atoms with Crippen molar-refractivity contribution in [1.29, 1.82) is 0 Å². The number of carbonyl (C=O) groups excluding carboxylic acids is 3. The van der Waals surface area contributed by atoms with Crippen molar-refractivity contribution in [3.05, 3.63) is 41.0 Å². The van der Waals surface area contributed by atoms with Crippen LogP contribution in [0.15, 0.2) is 30.5 Å². The second-order valence-electron chi connectivity index (χ2n) is 10.1. The van der Waals surface area contributed by atoms with Gasteiger partial charge >= 0.3 is 6.10 Å². The van der Waals surface area contributed by atoms with Gasteiger partial charge in [0.15, 0.2) is 17.3 Å². The van der Waals surface area contributed by atoms with Crippen molar-refractivity contribution < 1.29 is 34.4 Å². The second-order valence-corrected chi connectivity index (χ2v) is 11.1. The van der Waals surface area contributed by atoms with Gasteiger partial charge in [-0.2, -0.15) is 0 Å². The minimum atomic E-state index is -3.51. The van der Waals surface area contributed by atoms with E-state index < -0.39 is 23.2 Å². The lowest BCUT2D eigenvalue weighted by molar-refractivity contribution is -0.323. The maximum absolute atomic E-state index is 12.6. The third-order valence-electron chi connectivity index (χ3n) is 5.43. The monoisotopic (exact) mass is 571 g/mol. The summed E-state index contributed by atoms with van der Waals surface area (Å²) in [6.07, 6.45) is -0.516. The summed E-state index contributed by atoms with van der Waals surface area (Å²) in [5.41, 5.74) is 0.0455. The first-order valence-corrected chi connectivity index (χ1v) is 13.0. The zero-order valence-corrected chi connectivity index (χ0v) is 22.9. The zero-order valence-electron chi connectivity index (χ0n) is 22.1. The fourth-order valence-electron chi connectivity index (χ4n) is 3.58. The molecule has 0 unspecified atom stereocenters. The van der Waals surface area contributed by atoms with E-state index in [9.17, 15) is 29.7 Å². The van der Waals surface area contributed by atoms with E-state index in [1.54, 1.807) is 23.5 Å². The number of aliphatic hydroxyl groups is 3. The minimum Gasteiger partial charge on any atom is -0.494 e. The van der Waals surface area contributed by atoms with Crippen molar-refractivity contribution in [3.63, 3.8) is 0 Å². The Morgan fingerprint density at radius 3 is 2.38 bits per heavy atom. The number of hydrogen-bond acceptors (Lipinski definition) is 12. The molecule has 2 heterocycles. The number of aromatic nitrogens is 3. The molecule has 1 saturated carbocycles. The van der Waals surface area contributed by atoms with Gasteiger partial charge in [0, 0.05) is 17.5 Å². The van der Waals surface area contributed by atoms with Crippen LogP contribution in [0.5, 0.6) is 5.75 Å². The number of hydrogen-bond donors (Lipinski definition) is 7. The molecule has 40 heavy (non-hydrogen) atoms. The SMILES string of the molecule is COc1c(Nc2cc(NC(=O)C3CC3)nnc2C(=O)NC(O)(O)O)cccc1-c1ncc(C(=O)NC(C)(C)C)s1. The standard InChI is InChI=1S/C25H29N7O7S/c1-24(2,3)29-21(34)16-11-26-23(40-16)13-6-5-7-14(19(13)39-4)27-15-10-17(28-20(33)12-8-9-12)31-32-18(15)22(35)30-25(36,37)38/h5-7,10-12,36-38H,8-9H2,1-4H3,(H,29,34)(H,30,35)(H2,27,28,31,33). The number of thiazole rings is 1. The molecule has 0 aliphatic heterocycles. The van der Waals surface area contributed by atoms with Gasteiger partial charge in [-0.25, -0.2) is 4.98 Å². The molecule has 0 spiro atoms. The van der Waals surface area contributed by atoms with Gasteiger partial charge in [-0.15, -0.1) is 21.5 Å². The highest BCUT2D eigenvalue weighted by Crippen LogP contribution is 2.40. The molecule has 15 heteroatoms. The van der Waals surface area contributed by atoms with E-state index in [1.807, 2.05) is 20.8 Å². The normalized spacial score (nSPS) is 13.4. The zero-order chi connectivity index (χ0) is 29.2. The number of amides is 3. The van der Waals surface area contributed by atoms with Crippen molar-refractivity contribution >= 4 is 46.3 Å². The first kappa shape index (κ1) is 28.8. The molecule has 0 bridgehead atoms. The molecule has 3 amide bonds. The highest BCUT2D eigenvalue weighted by molar-refractivity contribution is 7.17. The molecule has 1 aliphatic rings. The Morgan fingerprint density at radius 1 is 1.02 bits per heavy atom. The maximum atomic E-state index is 12.6. The van der Waals surface area contributed by atoms with Crippen LogP contribution in [-0.2, 0) is 4.79 Å². The molecule has 0 radical (unpaired) electrons. The van der Waals surface area contributed by atoms with Gasteiger partial charge < -0.3 is 36.0 Å². The van der Waals surface area contributed by atoms with Gasteiger partial charge in [0.05, 0.1) is 30.2 Å². The Hall–Kier alpha value is -4.18. The van der Waals surface area contributed by atoms with Crippen LogP contribution in [0.25, 0.3) is 10.6 Å². The van der Waals surface area contributed by atoms with Crippen molar-refractivity contribution in [3.8, 4) is 16.3 Å². The van der Waals surface area contributed by atoms with Gasteiger partial charge in [0.1, 0.15) is 9.88 Å². The van der Waals surface area contributed by atoms with Crippen LogP contribution in [-0.4, -0.2) is 67.0 Å². The predicted octanol–water partition coefficient (Wildman–Crippen LogP) is 1.55.